The molecule has 92 valence electrons. The Bertz CT molecular complexity index is 130. The SMILES string of the molecule is CCCCOCC(C)COCC(O)CO. The minimum atomic E-state index is -0.766. The average Bonchev–Trinajstić information content (AvgIpc) is 2.24. The lowest BCUT2D eigenvalue weighted by Gasteiger charge is -2.13. The van der Waals surface area contributed by atoms with Crippen molar-refractivity contribution < 1.29 is 19.7 Å². The van der Waals surface area contributed by atoms with Crippen molar-refractivity contribution in [1.29, 1.82) is 0 Å². The van der Waals surface area contributed by atoms with Gasteiger partial charge in [-0.25, -0.2) is 0 Å². The van der Waals surface area contributed by atoms with Gasteiger partial charge in [-0.1, -0.05) is 20.3 Å². The Kier molecular flexibility index (Phi) is 10.3. The molecule has 15 heavy (non-hydrogen) atoms. The van der Waals surface area contributed by atoms with Crippen LogP contribution in [-0.2, 0) is 9.47 Å². The van der Waals surface area contributed by atoms with Crippen molar-refractivity contribution in [1.82, 2.24) is 0 Å². The predicted octanol–water partition coefficient (Wildman–Crippen LogP) is 0.809. The summed E-state index contributed by atoms with van der Waals surface area (Å²) in [5.74, 6) is 0.327. The molecule has 0 spiro atoms. The quantitative estimate of drug-likeness (QED) is 0.535. The van der Waals surface area contributed by atoms with Crippen LogP contribution in [0.5, 0.6) is 0 Å². The summed E-state index contributed by atoms with van der Waals surface area (Å²) < 4.78 is 10.6. The highest BCUT2D eigenvalue weighted by Crippen LogP contribution is 1.99. The Labute approximate surface area is 92.2 Å². The summed E-state index contributed by atoms with van der Waals surface area (Å²) in [5.41, 5.74) is 0. The van der Waals surface area contributed by atoms with E-state index < -0.39 is 6.10 Å². The van der Waals surface area contributed by atoms with Crippen LogP contribution in [0, 0.1) is 5.92 Å². The molecule has 0 aromatic carbocycles. The first-order valence-corrected chi connectivity index (χ1v) is 5.65. The number of hydrogen-bond donors (Lipinski definition) is 2. The van der Waals surface area contributed by atoms with Crippen molar-refractivity contribution >= 4 is 0 Å². The van der Waals surface area contributed by atoms with Gasteiger partial charge in [0.1, 0.15) is 6.10 Å². The molecule has 0 saturated carbocycles. The summed E-state index contributed by atoms with van der Waals surface area (Å²) in [7, 11) is 0. The van der Waals surface area contributed by atoms with Crippen LogP contribution in [-0.4, -0.2) is 49.4 Å². The maximum absolute atomic E-state index is 9.01. The van der Waals surface area contributed by atoms with Crippen LogP contribution in [0.15, 0.2) is 0 Å². The van der Waals surface area contributed by atoms with Gasteiger partial charge < -0.3 is 19.7 Å². The zero-order chi connectivity index (χ0) is 11.5. The van der Waals surface area contributed by atoms with E-state index in [0.717, 1.165) is 19.4 Å². The molecule has 2 atom stereocenters. The van der Waals surface area contributed by atoms with Crippen molar-refractivity contribution in [2.75, 3.05) is 33.0 Å². The van der Waals surface area contributed by atoms with Crippen LogP contribution in [0.4, 0.5) is 0 Å². The van der Waals surface area contributed by atoms with Crippen LogP contribution in [0.25, 0.3) is 0 Å². The molecule has 0 bridgehead atoms. The lowest BCUT2D eigenvalue weighted by Crippen LogP contribution is -2.22. The molecule has 0 rings (SSSR count). The van der Waals surface area contributed by atoms with E-state index >= 15 is 0 Å². The van der Waals surface area contributed by atoms with Crippen LogP contribution in [0.1, 0.15) is 26.7 Å². The Morgan fingerprint density at radius 3 is 2.40 bits per heavy atom. The molecule has 4 heteroatoms. The number of aliphatic hydroxyl groups excluding tert-OH is 2. The summed E-state index contributed by atoms with van der Waals surface area (Å²) in [5, 5.41) is 17.6. The van der Waals surface area contributed by atoms with E-state index in [4.69, 9.17) is 19.7 Å². The second-order valence-electron chi connectivity index (χ2n) is 3.91. The largest absolute Gasteiger partial charge is 0.394 e. The number of ether oxygens (including phenoxy) is 2. The Hall–Kier alpha value is -0.160. The van der Waals surface area contributed by atoms with Gasteiger partial charge in [-0.3, -0.25) is 0 Å². The van der Waals surface area contributed by atoms with Crippen LogP contribution in [0.2, 0.25) is 0 Å². The van der Waals surface area contributed by atoms with Crippen molar-refractivity contribution in [3.05, 3.63) is 0 Å². The lowest BCUT2D eigenvalue weighted by molar-refractivity contribution is -0.0150. The van der Waals surface area contributed by atoms with Crippen LogP contribution < -0.4 is 0 Å². The van der Waals surface area contributed by atoms with E-state index in [2.05, 4.69) is 6.92 Å². The average molecular weight is 220 g/mol. The monoisotopic (exact) mass is 220 g/mol. The first kappa shape index (κ1) is 14.8. The molecule has 0 amide bonds. The van der Waals surface area contributed by atoms with Gasteiger partial charge in [0, 0.05) is 12.5 Å². The van der Waals surface area contributed by atoms with E-state index in [9.17, 15) is 0 Å². The zero-order valence-electron chi connectivity index (χ0n) is 9.82. The van der Waals surface area contributed by atoms with Gasteiger partial charge in [0.25, 0.3) is 0 Å². The van der Waals surface area contributed by atoms with E-state index in [1.54, 1.807) is 0 Å². The molecule has 0 radical (unpaired) electrons. The third-order valence-electron chi connectivity index (χ3n) is 1.97. The van der Waals surface area contributed by atoms with Crippen molar-refractivity contribution in [3.63, 3.8) is 0 Å². The smallest absolute Gasteiger partial charge is 0.100 e. The molecule has 0 aliphatic rings. The molecule has 2 N–H and O–H groups in total. The van der Waals surface area contributed by atoms with Crippen LogP contribution >= 0.6 is 0 Å². The van der Waals surface area contributed by atoms with Gasteiger partial charge in [0.05, 0.1) is 26.4 Å². The fraction of sp³-hybridized carbons (Fsp3) is 1.00. The molecule has 0 saturated heterocycles. The van der Waals surface area contributed by atoms with Gasteiger partial charge in [-0.2, -0.15) is 0 Å². The molecule has 0 fully saturated rings. The lowest BCUT2D eigenvalue weighted by atomic mass is 10.2. The third kappa shape index (κ3) is 10.1. The maximum atomic E-state index is 9.01. The third-order valence-corrected chi connectivity index (χ3v) is 1.97. The first-order valence-electron chi connectivity index (χ1n) is 5.65. The van der Waals surface area contributed by atoms with E-state index in [1.807, 2.05) is 6.92 Å². The Balaban J connectivity index is 3.21. The van der Waals surface area contributed by atoms with Gasteiger partial charge >= 0.3 is 0 Å². The van der Waals surface area contributed by atoms with E-state index in [1.165, 1.54) is 0 Å². The summed E-state index contributed by atoms with van der Waals surface area (Å²) in [6, 6.07) is 0. The highest BCUT2D eigenvalue weighted by Gasteiger charge is 2.05. The molecule has 2 unspecified atom stereocenters. The van der Waals surface area contributed by atoms with Gasteiger partial charge in [0.15, 0.2) is 0 Å². The number of aliphatic hydroxyl groups is 2. The van der Waals surface area contributed by atoms with Gasteiger partial charge in [-0.05, 0) is 6.42 Å². The molecule has 0 aliphatic heterocycles. The molecule has 4 nitrogen and oxygen atoms in total. The minimum Gasteiger partial charge on any atom is -0.394 e. The molecule has 0 aromatic heterocycles. The Morgan fingerprint density at radius 2 is 1.80 bits per heavy atom. The summed E-state index contributed by atoms with van der Waals surface area (Å²) in [6.07, 6.45) is 1.47. The molecule has 0 aromatic rings. The highest BCUT2D eigenvalue weighted by molar-refractivity contribution is 4.52. The standard InChI is InChI=1S/C11H24O4/c1-3-4-5-14-7-10(2)8-15-9-11(13)6-12/h10-13H,3-9H2,1-2H3. The fourth-order valence-electron chi connectivity index (χ4n) is 1.04. The topological polar surface area (TPSA) is 58.9 Å². The van der Waals surface area contributed by atoms with E-state index in [-0.39, 0.29) is 13.2 Å². The molecule has 0 heterocycles. The second kappa shape index (κ2) is 10.4. The zero-order valence-corrected chi connectivity index (χ0v) is 9.82. The summed E-state index contributed by atoms with van der Waals surface area (Å²) in [4.78, 5) is 0. The van der Waals surface area contributed by atoms with Gasteiger partial charge in [-0.15, -0.1) is 0 Å². The van der Waals surface area contributed by atoms with Crippen LogP contribution in [0.3, 0.4) is 0 Å². The molecular weight excluding hydrogens is 196 g/mol. The number of hydrogen-bond acceptors (Lipinski definition) is 4. The van der Waals surface area contributed by atoms with Crippen molar-refractivity contribution in [2.24, 2.45) is 5.92 Å². The fourth-order valence-corrected chi connectivity index (χ4v) is 1.04. The van der Waals surface area contributed by atoms with Crippen molar-refractivity contribution in [2.45, 2.75) is 32.8 Å². The number of rotatable bonds is 10. The Morgan fingerprint density at radius 1 is 1.13 bits per heavy atom. The van der Waals surface area contributed by atoms with Gasteiger partial charge in [0.2, 0.25) is 0 Å². The summed E-state index contributed by atoms with van der Waals surface area (Å²) >= 11 is 0. The minimum absolute atomic E-state index is 0.190. The van der Waals surface area contributed by atoms with E-state index in [0.29, 0.717) is 19.1 Å². The maximum Gasteiger partial charge on any atom is 0.100 e. The molecule has 0 aliphatic carbocycles. The normalized spacial score (nSPS) is 15.2. The summed E-state index contributed by atoms with van der Waals surface area (Å²) in [6.45, 7) is 6.17. The first-order chi connectivity index (χ1) is 7.20. The number of unbranched alkanes of at least 4 members (excludes halogenated alkanes) is 1. The predicted molar refractivity (Wildman–Crippen MR) is 58.8 cm³/mol. The van der Waals surface area contributed by atoms with Crippen molar-refractivity contribution in [3.8, 4) is 0 Å². The second-order valence-corrected chi connectivity index (χ2v) is 3.91. The molecular formula is C11H24O4. The highest BCUT2D eigenvalue weighted by atomic mass is 16.5.